The number of methoxy groups -OCH3 is 2. The molecule has 0 bridgehead atoms. The second-order valence-electron chi connectivity index (χ2n) is 3.33. The molecule has 0 unspecified atom stereocenters. The largest absolute Gasteiger partial charge is 0.497 e. The van der Waals surface area contributed by atoms with Gasteiger partial charge in [-0.05, 0) is 18.1 Å². The van der Waals surface area contributed by atoms with Gasteiger partial charge in [0.05, 0.1) is 27.4 Å². The van der Waals surface area contributed by atoms with Crippen LogP contribution in [0, 0.1) is 0 Å². The molecule has 0 fully saturated rings. The highest BCUT2D eigenvalue weighted by atomic mass is 16.5. The van der Waals surface area contributed by atoms with E-state index in [-0.39, 0.29) is 0 Å². The van der Waals surface area contributed by atoms with Gasteiger partial charge in [0.1, 0.15) is 11.5 Å². The molecule has 4 heteroatoms. The van der Waals surface area contributed by atoms with E-state index in [0.717, 1.165) is 23.5 Å². The van der Waals surface area contributed by atoms with Crippen LogP contribution in [-0.2, 0) is 11.2 Å². The topological polar surface area (TPSA) is 53.7 Å². The summed E-state index contributed by atoms with van der Waals surface area (Å²) in [5.41, 5.74) is 6.45. The molecule has 0 aromatic heterocycles. The molecule has 1 aromatic rings. The first-order valence-corrected chi connectivity index (χ1v) is 5.30. The van der Waals surface area contributed by atoms with E-state index in [1.807, 2.05) is 18.2 Å². The zero-order valence-corrected chi connectivity index (χ0v) is 9.86. The minimum Gasteiger partial charge on any atom is -0.497 e. The van der Waals surface area contributed by atoms with Crippen LogP contribution in [-0.4, -0.2) is 34.0 Å². The zero-order chi connectivity index (χ0) is 11.8. The average molecular weight is 225 g/mol. The highest BCUT2D eigenvalue weighted by molar-refractivity contribution is 5.40. The Morgan fingerprint density at radius 2 is 1.94 bits per heavy atom. The average Bonchev–Trinajstić information content (AvgIpc) is 2.34. The van der Waals surface area contributed by atoms with Gasteiger partial charge in [-0.1, -0.05) is 6.07 Å². The van der Waals surface area contributed by atoms with E-state index in [2.05, 4.69) is 0 Å². The van der Waals surface area contributed by atoms with E-state index in [9.17, 15) is 0 Å². The molecule has 16 heavy (non-hydrogen) atoms. The number of rotatable bonds is 7. The van der Waals surface area contributed by atoms with Gasteiger partial charge in [-0.3, -0.25) is 0 Å². The third-order valence-electron chi connectivity index (χ3n) is 2.27. The third-order valence-corrected chi connectivity index (χ3v) is 2.27. The predicted molar refractivity (Wildman–Crippen MR) is 63.1 cm³/mol. The molecule has 1 rings (SSSR count). The molecule has 0 atom stereocenters. The van der Waals surface area contributed by atoms with Crippen LogP contribution < -0.4 is 15.2 Å². The standard InChI is InChI=1S/C12H19NO3/c1-14-11-4-3-10(12(9-11)15-2)5-7-16-8-6-13/h3-4,9H,5-8,13H2,1-2H3. The highest BCUT2D eigenvalue weighted by Crippen LogP contribution is 2.24. The van der Waals surface area contributed by atoms with Crippen LogP contribution >= 0.6 is 0 Å². The monoisotopic (exact) mass is 225 g/mol. The summed E-state index contributed by atoms with van der Waals surface area (Å²) in [6, 6.07) is 5.78. The van der Waals surface area contributed by atoms with Crippen LogP contribution in [0.25, 0.3) is 0 Å². The molecule has 0 saturated carbocycles. The Morgan fingerprint density at radius 3 is 2.56 bits per heavy atom. The van der Waals surface area contributed by atoms with Gasteiger partial charge in [-0.25, -0.2) is 0 Å². The number of hydrogen-bond acceptors (Lipinski definition) is 4. The predicted octanol–water partition coefficient (Wildman–Crippen LogP) is 1.22. The summed E-state index contributed by atoms with van der Waals surface area (Å²) in [5.74, 6) is 1.62. The van der Waals surface area contributed by atoms with Gasteiger partial charge >= 0.3 is 0 Å². The number of hydrogen-bond donors (Lipinski definition) is 1. The smallest absolute Gasteiger partial charge is 0.125 e. The molecule has 0 amide bonds. The quantitative estimate of drug-likeness (QED) is 0.709. The first-order chi connectivity index (χ1) is 7.81. The lowest BCUT2D eigenvalue weighted by Gasteiger charge is -2.10. The van der Waals surface area contributed by atoms with E-state index < -0.39 is 0 Å². The van der Waals surface area contributed by atoms with Gasteiger partial charge < -0.3 is 19.9 Å². The lowest BCUT2D eigenvalue weighted by atomic mass is 10.1. The number of nitrogens with two attached hydrogens (primary N) is 1. The van der Waals surface area contributed by atoms with Crippen LogP contribution in [0.1, 0.15) is 5.56 Å². The van der Waals surface area contributed by atoms with Crippen molar-refractivity contribution >= 4 is 0 Å². The Labute approximate surface area is 96.3 Å². The normalized spacial score (nSPS) is 10.2. The number of benzene rings is 1. The van der Waals surface area contributed by atoms with Gasteiger partial charge in [0, 0.05) is 12.6 Å². The SMILES string of the molecule is COc1ccc(CCOCCN)c(OC)c1. The molecule has 0 aliphatic carbocycles. The van der Waals surface area contributed by atoms with Crippen molar-refractivity contribution in [2.24, 2.45) is 5.73 Å². The minimum absolute atomic E-state index is 0.555. The van der Waals surface area contributed by atoms with Gasteiger partial charge in [0.25, 0.3) is 0 Å². The molecule has 1 aromatic carbocycles. The first-order valence-electron chi connectivity index (χ1n) is 5.30. The van der Waals surface area contributed by atoms with Crippen molar-refractivity contribution in [2.45, 2.75) is 6.42 Å². The summed E-state index contributed by atoms with van der Waals surface area (Å²) in [7, 11) is 3.29. The summed E-state index contributed by atoms with van der Waals surface area (Å²) >= 11 is 0. The summed E-state index contributed by atoms with van der Waals surface area (Å²) in [6.45, 7) is 1.80. The molecule has 2 N–H and O–H groups in total. The van der Waals surface area contributed by atoms with Crippen molar-refractivity contribution in [2.75, 3.05) is 34.0 Å². The van der Waals surface area contributed by atoms with E-state index in [0.29, 0.717) is 19.8 Å². The summed E-state index contributed by atoms with van der Waals surface area (Å²) in [4.78, 5) is 0. The lowest BCUT2D eigenvalue weighted by molar-refractivity contribution is 0.144. The molecular weight excluding hydrogens is 206 g/mol. The van der Waals surface area contributed by atoms with Gasteiger partial charge in [-0.15, -0.1) is 0 Å². The van der Waals surface area contributed by atoms with Crippen molar-refractivity contribution in [1.29, 1.82) is 0 Å². The van der Waals surface area contributed by atoms with Crippen molar-refractivity contribution in [1.82, 2.24) is 0 Å². The zero-order valence-electron chi connectivity index (χ0n) is 9.86. The number of ether oxygens (including phenoxy) is 3. The van der Waals surface area contributed by atoms with Crippen LogP contribution in [0.15, 0.2) is 18.2 Å². The van der Waals surface area contributed by atoms with Crippen molar-refractivity contribution in [3.63, 3.8) is 0 Å². The van der Waals surface area contributed by atoms with E-state index >= 15 is 0 Å². The van der Waals surface area contributed by atoms with Crippen molar-refractivity contribution < 1.29 is 14.2 Å². The van der Waals surface area contributed by atoms with Crippen molar-refractivity contribution in [3.8, 4) is 11.5 Å². The van der Waals surface area contributed by atoms with E-state index in [1.54, 1.807) is 14.2 Å². The van der Waals surface area contributed by atoms with Crippen LogP contribution in [0.5, 0.6) is 11.5 Å². The fourth-order valence-corrected chi connectivity index (χ4v) is 1.43. The Morgan fingerprint density at radius 1 is 1.12 bits per heavy atom. The minimum atomic E-state index is 0.555. The van der Waals surface area contributed by atoms with E-state index in [4.69, 9.17) is 19.9 Å². The Balaban J connectivity index is 2.57. The lowest BCUT2D eigenvalue weighted by Crippen LogP contribution is -2.10. The first kappa shape index (κ1) is 12.8. The molecular formula is C12H19NO3. The second kappa shape index (κ2) is 7.09. The Kier molecular flexibility index (Phi) is 5.67. The summed E-state index contributed by atoms with van der Waals surface area (Å²) < 4.78 is 15.7. The molecule has 0 saturated heterocycles. The molecule has 0 aliphatic rings. The maximum atomic E-state index is 5.34. The maximum absolute atomic E-state index is 5.34. The van der Waals surface area contributed by atoms with Crippen LogP contribution in [0.2, 0.25) is 0 Å². The molecule has 0 radical (unpaired) electrons. The summed E-state index contributed by atoms with van der Waals surface area (Å²) in [5, 5.41) is 0. The molecule has 4 nitrogen and oxygen atoms in total. The summed E-state index contributed by atoms with van der Waals surface area (Å²) in [6.07, 6.45) is 0.813. The van der Waals surface area contributed by atoms with Gasteiger partial charge in [0.15, 0.2) is 0 Å². The molecule has 0 aliphatic heterocycles. The fourth-order valence-electron chi connectivity index (χ4n) is 1.43. The second-order valence-corrected chi connectivity index (χ2v) is 3.33. The highest BCUT2D eigenvalue weighted by Gasteiger charge is 2.04. The fraction of sp³-hybridized carbons (Fsp3) is 0.500. The molecule has 0 spiro atoms. The maximum Gasteiger partial charge on any atom is 0.125 e. The Hall–Kier alpha value is -1.26. The molecule has 0 heterocycles. The van der Waals surface area contributed by atoms with Crippen molar-refractivity contribution in [3.05, 3.63) is 23.8 Å². The van der Waals surface area contributed by atoms with Gasteiger partial charge in [-0.2, -0.15) is 0 Å². The Bertz CT molecular complexity index is 315. The molecule has 90 valence electrons. The van der Waals surface area contributed by atoms with Crippen LogP contribution in [0.4, 0.5) is 0 Å². The van der Waals surface area contributed by atoms with E-state index in [1.165, 1.54) is 0 Å². The van der Waals surface area contributed by atoms with Crippen LogP contribution in [0.3, 0.4) is 0 Å². The van der Waals surface area contributed by atoms with Gasteiger partial charge in [0.2, 0.25) is 0 Å². The third kappa shape index (κ3) is 3.72.